The van der Waals surface area contributed by atoms with Gasteiger partial charge < -0.3 is 20.1 Å². The van der Waals surface area contributed by atoms with Crippen molar-refractivity contribution in [2.75, 3.05) is 25.6 Å². The number of nitrogens with zero attached hydrogens (tertiary/aromatic N) is 1. The molecule has 0 heterocycles. The lowest BCUT2D eigenvalue weighted by Gasteiger charge is -2.11. The molecule has 3 N–H and O–H groups in total. The van der Waals surface area contributed by atoms with E-state index in [0.29, 0.717) is 22.7 Å². The van der Waals surface area contributed by atoms with Crippen LogP contribution in [0.1, 0.15) is 18.1 Å². The summed E-state index contributed by atoms with van der Waals surface area (Å²) in [6, 6.07) is 12.5. The minimum atomic E-state index is -0.898. The van der Waals surface area contributed by atoms with Crippen molar-refractivity contribution in [3.8, 4) is 11.5 Å². The Balaban J connectivity index is 1.90. The van der Waals surface area contributed by atoms with Crippen LogP contribution < -0.4 is 25.5 Å². The largest absolute Gasteiger partial charge is 0.493 e. The first-order valence-corrected chi connectivity index (χ1v) is 9.88. The Morgan fingerprint density at radius 3 is 2.47 bits per heavy atom. The van der Waals surface area contributed by atoms with Gasteiger partial charge in [0.15, 0.2) is 18.1 Å². The maximum Gasteiger partial charge on any atom is 0.329 e. The molecule has 0 saturated carbocycles. The summed E-state index contributed by atoms with van der Waals surface area (Å²) in [5.41, 5.74) is 4.58. The Labute approximate surface area is 186 Å². The van der Waals surface area contributed by atoms with E-state index in [1.165, 1.54) is 25.0 Å². The van der Waals surface area contributed by atoms with Crippen LogP contribution in [0, 0.1) is 0 Å². The van der Waals surface area contributed by atoms with E-state index in [-0.39, 0.29) is 19.1 Å². The van der Waals surface area contributed by atoms with Crippen molar-refractivity contribution in [3.05, 3.63) is 66.2 Å². The summed E-state index contributed by atoms with van der Waals surface area (Å²) in [6.07, 6.45) is 3.73. The molecule has 0 saturated heterocycles. The maximum absolute atomic E-state index is 12.2. The number of benzene rings is 2. The molecule has 0 aromatic heterocycles. The van der Waals surface area contributed by atoms with E-state index in [4.69, 9.17) is 9.47 Å². The van der Waals surface area contributed by atoms with Gasteiger partial charge in [0.25, 0.3) is 5.91 Å². The molecule has 2 aromatic rings. The lowest BCUT2D eigenvalue weighted by atomic mass is 10.1. The van der Waals surface area contributed by atoms with Crippen LogP contribution in [0.4, 0.5) is 5.69 Å². The van der Waals surface area contributed by atoms with Gasteiger partial charge in [-0.3, -0.25) is 14.4 Å². The van der Waals surface area contributed by atoms with E-state index in [0.717, 1.165) is 6.42 Å². The number of rotatable bonds is 10. The van der Waals surface area contributed by atoms with E-state index in [1.807, 2.05) is 24.3 Å². The topological polar surface area (TPSA) is 118 Å². The quantitative estimate of drug-likeness (QED) is 0.227. The predicted molar refractivity (Wildman–Crippen MR) is 122 cm³/mol. The Hall–Kier alpha value is -4.14. The second-order valence-corrected chi connectivity index (χ2v) is 6.50. The molecular formula is C23H26N4O5. The molecule has 0 unspecified atom stereocenters. The van der Waals surface area contributed by atoms with E-state index in [1.54, 1.807) is 18.2 Å². The zero-order valence-corrected chi connectivity index (χ0v) is 18.0. The van der Waals surface area contributed by atoms with Crippen LogP contribution in [0.5, 0.6) is 11.5 Å². The van der Waals surface area contributed by atoms with Crippen LogP contribution in [-0.2, 0) is 20.8 Å². The van der Waals surface area contributed by atoms with Gasteiger partial charge in [-0.15, -0.1) is 6.58 Å². The lowest BCUT2D eigenvalue weighted by Crippen LogP contribution is -2.37. The van der Waals surface area contributed by atoms with E-state index in [9.17, 15) is 14.4 Å². The molecule has 9 heteroatoms. The predicted octanol–water partition coefficient (Wildman–Crippen LogP) is 2.03. The van der Waals surface area contributed by atoms with Crippen LogP contribution >= 0.6 is 0 Å². The summed E-state index contributed by atoms with van der Waals surface area (Å²) in [6.45, 7) is 5.48. The number of carbonyl (C=O) groups is 3. The fourth-order valence-corrected chi connectivity index (χ4v) is 2.51. The van der Waals surface area contributed by atoms with Gasteiger partial charge in [0.1, 0.15) is 0 Å². The number of anilines is 1. The van der Waals surface area contributed by atoms with Gasteiger partial charge in [-0.2, -0.15) is 5.10 Å². The smallest absolute Gasteiger partial charge is 0.329 e. The molecule has 0 aliphatic heterocycles. The van der Waals surface area contributed by atoms with E-state index in [2.05, 4.69) is 34.7 Å². The van der Waals surface area contributed by atoms with Gasteiger partial charge in [-0.1, -0.05) is 25.1 Å². The number of carbonyl (C=O) groups excluding carboxylic acids is 3. The summed E-state index contributed by atoms with van der Waals surface area (Å²) in [4.78, 5) is 35.2. The first-order chi connectivity index (χ1) is 15.5. The monoisotopic (exact) mass is 438 g/mol. The fourth-order valence-electron chi connectivity index (χ4n) is 2.51. The Morgan fingerprint density at radius 1 is 1.06 bits per heavy atom. The van der Waals surface area contributed by atoms with Gasteiger partial charge in [-0.25, -0.2) is 5.43 Å². The molecule has 0 aliphatic carbocycles. The Kier molecular flexibility index (Phi) is 9.45. The molecule has 0 spiro atoms. The van der Waals surface area contributed by atoms with Crippen molar-refractivity contribution < 1.29 is 23.9 Å². The normalized spacial score (nSPS) is 10.3. The third-order valence-corrected chi connectivity index (χ3v) is 4.19. The average Bonchev–Trinajstić information content (AvgIpc) is 2.81. The summed E-state index contributed by atoms with van der Waals surface area (Å²) in [7, 11) is 1.46. The van der Waals surface area contributed by atoms with E-state index >= 15 is 0 Å². The fraction of sp³-hybridized carbons (Fsp3) is 0.217. The highest BCUT2D eigenvalue weighted by Crippen LogP contribution is 2.27. The first-order valence-electron chi connectivity index (χ1n) is 9.88. The van der Waals surface area contributed by atoms with Crippen LogP contribution in [0.3, 0.4) is 0 Å². The molecule has 32 heavy (non-hydrogen) atoms. The number of ether oxygens (including phenoxy) is 2. The van der Waals surface area contributed by atoms with Gasteiger partial charge >= 0.3 is 11.8 Å². The van der Waals surface area contributed by atoms with Gasteiger partial charge in [0, 0.05) is 12.2 Å². The molecule has 2 rings (SSSR count). The maximum atomic E-state index is 12.2. The van der Waals surface area contributed by atoms with Crippen molar-refractivity contribution in [2.45, 2.75) is 13.3 Å². The minimum Gasteiger partial charge on any atom is -0.493 e. The van der Waals surface area contributed by atoms with Crippen LogP contribution in [-0.4, -0.2) is 44.2 Å². The number of methoxy groups -OCH3 is 1. The highest BCUT2D eigenvalue weighted by atomic mass is 16.5. The third-order valence-electron chi connectivity index (χ3n) is 4.19. The number of aryl methyl sites for hydroxylation is 1. The van der Waals surface area contributed by atoms with Crippen LogP contribution in [0.2, 0.25) is 0 Å². The minimum absolute atomic E-state index is 0.178. The van der Waals surface area contributed by atoms with Crippen LogP contribution in [0.15, 0.2) is 60.2 Å². The Morgan fingerprint density at radius 2 is 1.81 bits per heavy atom. The zero-order chi connectivity index (χ0) is 23.3. The lowest BCUT2D eigenvalue weighted by molar-refractivity contribution is -0.139. The molecule has 0 bridgehead atoms. The first kappa shape index (κ1) is 24.1. The summed E-state index contributed by atoms with van der Waals surface area (Å²) >= 11 is 0. The van der Waals surface area contributed by atoms with Gasteiger partial charge in [-0.05, 0) is 47.9 Å². The van der Waals surface area contributed by atoms with E-state index < -0.39 is 11.8 Å². The molecule has 0 atom stereocenters. The van der Waals surface area contributed by atoms with Crippen molar-refractivity contribution >= 4 is 29.6 Å². The molecule has 168 valence electrons. The number of hydrogen-bond acceptors (Lipinski definition) is 6. The second kappa shape index (κ2) is 12.5. The molecule has 3 amide bonds. The van der Waals surface area contributed by atoms with Crippen LogP contribution in [0.25, 0.3) is 0 Å². The second-order valence-electron chi connectivity index (χ2n) is 6.50. The van der Waals surface area contributed by atoms with Crippen molar-refractivity contribution in [1.82, 2.24) is 10.7 Å². The van der Waals surface area contributed by atoms with Crippen molar-refractivity contribution in [1.29, 1.82) is 0 Å². The summed E-state index contributed by atoms with van der Waals surface area (Å²) < 4.78 is 10.9. The highest BCUT2D eigenvalue weighted by molar-refractivity contribution is 6.35. The summed E-state index contributed by atoms with van der Waals surface area (Å²) in [5.74, 6) is -1.27. The summed E-state index contributed by atoms with van der Waals surface area (Å²) in [5, 5.41) is 8.84. The number of hydrazone groups is 1. The SMILES string of the molecule is C=CCNC(=O)C(=O)N/N=C\c1ccc(OCC(=O)Nc2ccc(CC)cc2)c(OC)c1. The highest BCUT2D eigenvalue weighted by Gasteiger charge is 2.11. The molecule has 2 aromatic carbocycles. The average molecular weight is 438 g/mol. The van der Waals surface area contributed by atoms with Crippen molar-refractivity contribution in [2.24, 2.45) is 5.10 Å². The molecular weight excluding hydrogens is 412 g/mol. The standard InChI is InChI=1S/C23H26N4O5/c1-4-12-24-22(29)23(30)27-25-14-17-8-11-19(20(13-17)31-3)32-15-21(28)26-18-9-6-16(5-2)7-10-18/h4,6-11,13-14H,1,5,12,15H2,2-3H3,(H,24,29)(H,26,28)(H,27,30)/b25-14-. The number of nitrogens with one attached hydrogen (secondary N) is 3. The molecule has 0 aliphatic rings. The van der Waals surface area contributed by atoms with Gasteiger partial charge in [0.05, 0.1) is 13.3 Å². The third kappa shape index (κ3) is 7.60. The number of hydrogen-bond donors (Lipinski definition) is 3. The molecule has 0 fully saturated rings. The number of amides is 3. The molecule has 0 radical (unpaired) electrons. The van der Waals surface area contributed by atoms with Gasteiger partial charge in [0.2, 0.25) is 0 Å². The molecule has 9 nitrogen and oxygen atoms in total. The Bertz CT molecular complexity index is 986. The zero-order valence-electron chi connectivity index (χ0n) is 18.0. The van der Waals surface area contributed by atoms with Crippen molar-refractivity contribution in [3.63, 3.8) is 0 Å².